The van der Waals surface area contributed by atoms with E-state index in [1.807, 2.05) is 19.9 Å². The van der Waals surface area contributed by atoms with Crippen LogP contribution in [0.4, 0.5) is 5.00 Å². The number of hydrogen-bond donors (Lipinski definition) is 2. The number of benzene rings is 1. The van der Waals surface area contributed by atoms with Crippen molar-refractivity contribution in [2.24, 2.45) is 11.7 Å². The monoisotopic (exact) mass is 449 g/mol. The van der Waals surface area contributed by atoms with E-state index in [-0.39, 0.29) is 24.9 Å². The number of hydrogen-bond acceptors (Lipinski definition) is 5. The highest BCUT2D eigenvalue weighted by molar-refractivity contribution is 7.89. The van der Waals surface area contributed by atoms with Crippen LogP contribution in [-0.4, -0.2) is 37.6 Å². The molecule has 0 atom stereocenters. The van der Waals surface area contributed by atoms with Gasteiger partial charge in [0.15, 0.2) is 0 Å². The molecule has 1 aliphatic rings. The molecule has 1 saturated heterocycles. The predicted molar refractivity (Wildman–Crippen MR) is 118 cm³/mol. The topological polar surface area (TPSA) is 110 Å². The number of amides is 2. The number of nitrogens with one attached hydrogen (secondary N) is 1. The molecule has 0 bridgehead atoms. The Kier molecular flexibility index (Phi) is 6.35. The highest BCUT2D eigenvalue weighted by Gasteiger charge is 2.33. The Labute approximate surface area is 181 Å². The maximum absolute atomic E-state index is 13.0. The van der Waals surface area contributed by atoms with Gasteiger partial charge in [-0.15, -0.1) is 11.3 Å². The van der Waals surface area contributed by atoms with Crippen LogP contribution in [0, 0.1) is 33.6 Å². The molecule has 0 unspecified atom stereocenters. The van der Waals surface area contributed by atoms with Crippen LogP contribution >= 0.6 is 11.3 Å². The maximum Gasteiger partial charge on any atom is 0.251 e. The van der Waals surface area contributed by atoms with E-state index in [9.17, 15) is 18.0 Å². The molecular weight excluding hydrogens is 422 g/mol. The molecule has 1 aromatic heterocycles. The van der Waals surface area contributed by atoms with E-state index in [2.05, 4.69) is 5.32 Å². The Bertz CT molecular complexity index is 1100. The van der Waals surface area contributed by atoms with Gasteiger partial charge in [0.2, 0.25) is 15.9 Å². The Balaban J connectivity index is 1.69. The van der Waals surface area contributed by atoms with Crippen molar-refractivity contribution in [3.8, 4) is 0 Å². The lowest BCUT2D eigenvalue weighted by molar-refractivity contribution is -0.120. The number of aryl methyl sites for hydroxylation is 3. The van der Waals surface area contributed by atoms with Gasteiger partial charge in [-0.25, -0.2) is 8.42 Å². The normalized spacial score (nSPS) is 15.9. The van der Waals surface area contributed by atoms with Crippen molar-refractivity contribution >= 4 is 38.2 Å². The van der Waals surface area contributed by atoms with Crippen molar-refractivity contribution < 1.29 is 18.0 Å². The molecule has 0 spiro atoms. The quantitative estimate of drug-likeness (QED) is 0.731. The molecule has 7 nitrogen and oxygen atoms in total. The summed E-state index contributed by atoms with van der Waals surface area (Å²) in [6.07, 6.45) is 0.844. The summed E-state index contributed by atoms with van der Waals surface area (Å²) in [7, 11) is -3.60. The zero-order valence-electron chi connectivity index (χ0n) is 17.6. The van der Waals surface area contributed by atoms with E-state index in [4.69, 9.17) is 5.73 Å². The van der Waals surface area contributed by atoms with E-state index in [1.54, 1.807) is 26.0 Å². The summed E-state index contributed by atoms with van der Waals surface area (Å²) in [5.41, 5.74) is 8.32. The van der Waals surface area contributed by atoms with E-state index < -0.39 is 15.9 Å². The SMILES string of the molecule is Cc1ccc(S(=O)(=O)N2CCC(C(=O)Nc3sc(C)c(C)c3C(N)=O)CC2)c(C)c1. The largest absolute Gasteiger partial charge is 0.365 e. The van der Waals surface area contributed by atoms with Crippen LogP contribution < -0.4 is 11.1 Å². The van der Waals surface area contributed by atoms with Gasteiger partial charge in [0.1, 0.15) is 5.00 Å². The number of carbonyl (C=O) groups is 2. The number of primary amides is 1. The predicted octanol–water partition coefficient (Wildman–Crippen LogP) is 3.12. The Morgan fingerprint density at radius 1 is 1.13 bits per heavy atom. The van der Waals surface area contributed by atoms with Gasteiger partial charge in [-0.3, -0.25) is 9.59 Å². The number of nitrogens with two attached hydrogens (primary N) is 1. The summed E-state index contributed by atoms with van der Waals surface area (Å²) in [4.78, 5) is 25.7. The average molecular weight is 450 g/mol. The fraction of sp³-hybridized carbons (Fsp3) is 0.429. The van der Waals surface area contributed by atoms with Crippen LogP contribution in [0.1, 0.15) is 44.8 Å². The summed E-state index contributed by atoms with van der Waals surface area (Å²) < 4.78 is 27.5. The van der Waals surface area contributed by atoms with E-state index in [0.717, 1.165) is 21.6 Å². The zero-order valence-corrected chi connectivity index (χ0v) is 19.2. The lowest BCUT2D eigenvalue weighted by Gasteiger charge is -2.31. The van der Waals surface area contributed by atoms with Gasteiger partial charge in [-0.05, 0) is 57.7 Å². The number of sulfonamides is 1. The lowest BCUT2D eigenvalue weighted by Crippen LogP contribution is -2.41. The first kappa shape index (κ1) is 22.5. The summed E-state index contributed by atoms with van der Waals surface area (Å²) in [6.45, 7) is 7.95. The van der Waals surface area contributed by atoms with Crippen LogP contribution in [0.2, 0.25) is 0 Å². The van der Waals surface area contributed by atoms with Crippen molar-refractivity contribution in [3.05, 3.63) is 45.3 Å². The van der Waals surface area contributed by atoms with Crippen molar-refractivity contribution in [1.82, 2.24) is 4.31 Å². The summed E-state index contributed by atoms with van der Waals surface area (Å²) in [5, 5.41) is 3.30. The number of anilines is 1. The van der Waals surface area contributed by atoms with Crippen LogP contribution in [0.3, 0.4) is 0 Å². The minimum atomic E-state index is -3.60. The van der Waals surface area contributed by atoms with Gasteiger partial charge >= 0.3 is 0 Å². The molecule has 2 heterocycles. The third kappa shape index (κ3) is 4.28. The Morgan fingerprint density at radius 2 is 1.77 bits per heavy atom. The van der Waals surface area contributed by atoms with Crippen molar-refractivity contribution in [1.29, 1.82) is 0 Å². The van der Waals surface area contributed by atoms with Crippen LogP contribution in [-0.2, 0) is 14.8 Å². The molecular formula is C21H27N3O4S2. The second kappa shape index (κ2) is 8.49. The van der Waals surface area contributed by atoms with Gasteiger partial charge in [0.05, 0.1) is 10.5 Å². The van der Waals surface area contributed by atoms with E-state index >= 15 is 0 Å². The van der Waals surface area contributed by atoms with Crippen LogP contribution in [0.15, 0.2) is 23.1 Å². The highest BCUT2D eigenvalue weighted by Crippen LogP contribution is 2.33. The molecule has 0 radical (unpaired) electrons. The molecule has 1 fully saturated rings. The molecule has 0 aliphatic carbocycles. The number of thiophene rings is 1. The smallest absolute Gasteiger partial charge is 0.251 e. The second-order valence-electron chi connectivity index (χ2n) is 7.79. The molecule has 3 N–H and O–H groups in total. The molecule has 162 valence electrons. The summed E-state index contributed by atoms with van der Waals surface area (Å²) >= 11 is 1.33. The van der Waals surface area contributed by atoms with Crippen LogP contribution in [0.25, 0.3) is 0 Å². The first-order valence-electron chi connectivity index (χ1n) is 9.80. The molecule has 2 amide bonds. The Hall–Kier alpha value is -2.23. The third-order valence-corrected chi connectivity index (χ3v) is 8.82. The lowest BCUT2D eigenvalue weighted by atomic mass is 9.97. The minimum Gasteiger partial charge on any atom is -0.365 e. The summed E-state index contributed by atoms with van der Waals surface area (Å²) in [6, 6.07) is 5.29. The minimum absolute atomic E-state index is 0.206. The van der Waals surface area contributed by atoms with Crippen LogP contribution in [0.5, 0.6) is 0 Å². The van der Waals surface area contributed by atoms with Gasteiger partial charge in [-0.2, -0.15) is 4.31 Å². The highest BCUT2D eigenvalue weighted by atomic mass is 32.2. The number of nitrogens with zero attached hydrogens (tertiary/aromatic N) is 1. The van der Waals surface area contributed by atoms with Crippen molar-refractivity contribution in [2.45, 2.75) is 45.4 Å². The number of carbonyl (C=O) groups excluding carboxylic acids is 2. The third-order valence-electron chi connectivity index (χ3n) is 5.64. The van der Waals surface area contributed by atoms with Gasteiger partial charge in [-0.1, -0.05) is 17.7 Å². The second-order valence-corrected chi connectivity index (χ2v) is 10.9. The number of piperidine rings is 1. The average Bonchev–Trinajstić information content (AvgIpc) is 2.95. The molecule has 1 aromatic carbocycles. The standard InChI is InChI=1S/C21H27N3O4S2/c1-12-5-6-17(13(2)11-12)30(27,28)24-9-7-16(8-10-24)20(26)23-21-18(19(22)25)14(3)15(4)29-21/h5-6,11,16H,7-10H2,1-4H3,(H2,22,25)(H,23,26). The Morgan fingerprint density at radius 3 is 2.33 bits per heavy atom. The fourth-order valence-corrected chi connectivity index (χ4v) is 6.56. The van der Waals surface area contributed by atoms with E-state index in [1.165, 1.54) is 15.6 Å². The molecule has 9 heteroatoms. The fourth-order valence-electron chi connectivity index (χ4n) is 3.81. The molecule has 1 aliphatic heterocycles. The van der Waals surface area contributed by atoms with Gasteiger partial charge < -0.3 is 11.1 Å². The maximum atomic E-state index is 13.0. The van der Waals surface area contributed by atoms with Gasteiger partial charge in [0, 0.05) is 23.9 Å². The summed E-state index contributed by atoms with van der Waals surface area (Å²) in [5.74, 6) is -1.09. The molecule has 3 rings (SSSR count). The first-order valence-corrected chi connectivity index (χ1v) is 12.1. The van der Waals surface area contributed by atoms with Gasteiger partial charge in [0.25, 0.3) is 5.91 Å². The van der Waals surface area contributed by atoms with Crippen molar-refractivity contribution in [2.75, 3.05) is 18.4 Å². The zero-order chi connectivity index (χ0) is 22.2. The van der Waals surface area contributed by atoms with Crippen molar-refractivity contribution in [3.63, 3.8) is 0 Å². The van der Waals surface area contributed by atoms with E-state index in [0.29, 0.717) is 28.3 Å². The molecule has 2 aromatic rings. The molecule has 30 heavy (non-hydrogen) atoms. The first-order chi connectivity index (χ1) is 14.0. The number of rotatable bonds is 5. The molecule has 0 saturated carbocycles.